The van der Waals surface area contributed by atoms with Gasteiger partial charge in [-0.1, -0.05) is 0 Å². The molecule has 0 bridgehead atoms. The van der Waals surface area contributed by atoms with Crippen LogP contribution in [-0.2, 0) is 9.53 Å². The van der Waals surface area contributed by atoms with Gasteiger partial charge < -0.3 is 14.9 Å². The lowest BCUT2D eigenvalue weighted by Crippen LogP contribution is -1.92. The zero-order valence-electron chi connectivity index (χ0n) is 10.2. The molecule has 0 aliphatic heterocycles. The molecule has 1 aromatic heterocycles. The maximum atomic E-state index is 13.1. The molecule has 4 nitrogen and oxygen atoms in total. The van der Waals surface area contributed by atoms with Crippen LogP contribution in [0.15, 0.2) is 40.8 Å². The molecule has 0 amide bonds. The van der Waals surface area contributed by atoms with E-state index in [1.54, 1.807) is 18.2 Å². The first kappa shape index (κ1) is 12.9. The van der Waals surface area contributed by atoms with Gasteiger partial charge in [0.15, 0.2) is 0 Å². The molecule has 19 heavy (non-hydrogen) atoms. The standard InChI is InChI=1S/C14H12FNO3/c1-18-14(17)7-4-10-3-6-13(19-10)9-2-5-11(15)12(16)8-9/h2-8H,16H2,1H3/b7-4+. The van der Waals surface area contributed by atoms with E-state index in [1.165, 1.54) is 31.4 Å². The van der Waals surface area contributed by atoms with Gasteiger partial charge in [0, 0.05) is 11.6 Å². The van der Waals surface area contributed by atoms with E-state index in [1.807, 2.05) is 0 Å². The molecular weight excluding hydrogens is 249 g/mol. The van der Waals surface area contributed by atoms with E-state index >= 15 is 0 Å². The Hall–Kier alpha value is -2.56. The fraction of sp³-hybridized carbons (Fsp3) is 0.0714. The van der Waals surface area contributed by atoms with Crippen molar-refractivity contribution in [3.05, 3.63) is 48.0 Å². The van der Waals surface area contributed by atoms with E-state index in [4.69, 9.17) is 10.2 Å². The molecule has 1 aromatic carbocycles. The van der Waals surface area contributed by atoms with E-state index < -0.39 is 11.8 Å². The summed E-state index contributed by atoms with van der Waals surface area (Å²) in [7, 11) is 1.29. The molecule has 2 aromatic rings. The number of nitrogens with two attached hydrogens (primary N) is 1. The number of hydrogen-bond donors (Lipinski definition) is 1. The summed E-state index contributed by atoms with van der Waals surface area (Å²) in [6.45, 7) is 0. The lowest BCUT2D eigenvalue weighted by Gasteiger charge is -2.00. The minimum atomic E-state index is -0.471. The van der Waals surface area contributed by atoms with Crippen LogP contribution in [0.2, 0.25) is 0 Å². The SMILES string of the molecule is COC(=O)/C=C/c1ccc(-c2ccc(F)c(N)c2)o1. The lowest BCUT2D eigenvalue weighted by molar-refractivity contribution is -0.134. The van der Waals surface area contributed by atoms with Crippen LogP contribution in [0.3, 0.4) is 0 Å². The third kappa shape index (κ3) is 3.01. The summed E-state index contributed by atoms with van der Waals surface area (Å²) >= 11 is 0. The molecular formula is C14H12FNO3. The van der Waals surface area contributed by atoms with Crippen LogP contribution < -0.4 is 5.73 Å². The summed E-state index contributed by atoms with van der Waals surface area (Å²) in [5.41, 5.74) is 6.21. The van der Waals surface area contributed by atoms with Crippen LogP contribution >= 0.6 is 0 Å². The number of halogens is 1. The normalized spacial score (nSPS) is 10.8. The molecule has 0 radical (unpaired) electrons. The number of carbonyl (C=O) groups is 1. The van der Waals surface area contributed by atoms with Gasteiger partial charge in [-0.3, -0.25) is 0 Å². The maximum Gasteiger partial charge on any atom is 0.330 e. The first-order valence-corrected chi connectivity index (χ1v) is 5.51. The summed E-state index contributed by atoms with van der Waals surface area (Å²) < 4.78 is 23.0. The van der Waals surface area contributed by atoms with Crippen molar-refractivity contribution in [3.8, 4) is 11.3 Å². The molecule has 0 fully saturated rings. The highest BCUT2D eigenvalue weighted by Crippen LogP contribution is 2.25. The summed E-state index contributed by atoms with van der Waals surface area (Å²) in [5.74, 6) is 0.0876. The van der Waals surface area contributed by atoms with E-state index in [2.05, 4.69) is 4.74 Å². The molecule has 0 saturated carbocycles. The van der Waals surface area contributed by atoms with Crippen molar-refractivity contribution < 1.29 is 18.3 Å². The molecule has 0 unspecified atom stereocenters. The highest BCUT2D eigenvalue weighted by molar-refractivity contribution is 5.86. The Bertz CT molecular complexity index is 631. The number of nitrogen functional groups attached to an aromatic ring is 1. The number of anilines is 1. The van der Waals surface area contributed by atoms with Crippen molar-refractivity contribution in [1.82, 2.24) is 0 Å². The molecule has 5 heteroatoms. The summed E-state index contributed by atoms with van der Waals surface area (Å²) in [4.78, 5) is 10.9. The number of carbonyl (C=O) groups excluding carboxylic acids is 1. The number of hydrogen-bond acceptors (Lipinski definition) is 4. The third-order valence-electron chi connectivity index (χ3n) is 2.49. The number of methoxy groups -OCH3 is 1. The maximum absolute atomic E-state index is 13.1. The second kappa shape index (κ2) is 5.39. The van der Waals surface area contributed by atoms with Crippen molar-refractivity contribution in [2.45, 2.75) is 0 Å². The number of esters is 1. The molecule has 98 valence electrons. The topological polar surface area (TPSA) is 65.5 Å². The van der Waals surface area contributed by atoms with Gasteiger partial charge in [0.2, 0.25) is 0 Å². The Morgan fingerprint density at radius 1 is 1.37 bits per heavy atom. The first-order valence-electron chi connectivity index (χ1n) is 5.51. The van der Waals surface area contributed by atoms with Crippen LogP contribution in [0.4, 0.5) is 10.1 Å². The van der Waals surface area contributed by atoms with Crippen LogP contribution in [0.25, 0.3) is 17.4 Å². The van der Waals surface area contributed by atoms with Gasteiger partial charge in [0.05, 0.1) is 12.8 Å². The zero-order valence-corrected chi connectivity index (χ0v) is 10.2. The molecule has 1 heterocycles. The second-order valence-electron chi connectivity index (χ2n) is 3.79. The van der Waals surface area contributed by atoms with Crippen LogP contribution in [0, 0.1) is 5.82 Å². The van der Waals surface area contributed by atoms with Gasteiger partial charge in [-0.15, -0.1) is 0 Å². The fourth-order valence-corrected chi connectivity index (χ4v) is 1.51. The Morgan fingerprint density at radius 3 is 2.84 bits per heavy atom. The molecule has 2 rings (SSSR count). The lowest BCUT2D eigenvalue weighted by atomic mass is 10.1. The van der Waals surface area contributed by atoms with E-state index in [9.17, 15) is 9.18 Å². The Morgan fingerprint density at radius 2 is 2.16 bits per heavy atom. The van der Waals surface area contributed by atoms with Gasteiger partial charge in [0.1, 0.15) is 17.3 Å². The van der Waals surface area contributed by atoms with Crippen LogP contribution in [-0.4, -0.2) is 13.1 Å². The van der Waals surface area contributed by atoms with Crippen molar-refractivity contribution in [2.75, 3.05) is 12.8 Å². The molecule has 0 aliphatic rings. The summed E-state index contributed by atoms with van der Waals surface area (Å²) in [6, 6.07) is 7.73. The van der Waals surface area contributed by atoms with Crippen LogP contribution in [0.1, 0.15) is 5.76 Å². The summed E-state index contributed by atoms with van der Waals surface area (Å²) in [6.07, 6.45) is 2.74. The molecule has 0 atom stereocenters. The van der Waals surface area contributed by atoms with Gasteiger partial charge in [0.25, 0.3) is 0 Å². The second-order valence-corrected chi connectivity index (χ2v) is 3.79. The molecule has 0 aliphatic carbocycles. The monoisotopic (exact) mass is 261 g/mol. The van der Waals surface area contributed by atoms with E-state index in [0.29, 0.717) is 17.1 Å². The van der Waals surface area contributed by atoms with Crippen molar-refractivity contribution in [1.29, 1.82) is 0 Å². The van der Waals surface area contributed by atoms with Gasteiger partial charge in [-0.25, -0.2) is 9.18 Å². The van der Waals surface area contributed by atoms with Crippen molar-refractivity contribution >= 4 is 17.7 Å². The molecule has 0 saturated heterocycles. The Kier molecular flexibility index (Phi) is 3.66. The number of furan rings is 1. The van der Waals surface area contributed by atoms with Gasteiger partial charge >= 0.3 is 5.97 Å². The smallest absolute Gasteiger partial charge is 0.330 e. The summed E-state index contributed by atoms with van der Waals surface area (Å²) in [5, 5.41) is 0. The average molecular weight is 261 g/mol. The first-order chi connectivity index (χ1) is 9.10. The average Bonchev–Trinajstić information content (AvgIpc) is 2.88. The Labute approximate surface area is 109 Å². The quantitative estimate of drug-likeness (QED) is 0.524. The molecule has 2 N–H and O–H groups in total. The number of ether oxygens (including phenoxy) is 1. The van der Waals surface area contributed by atoms with Crippen LogP contribution in [0.5, 0.6) is 0 Å². The highest BCUT2D eigenvalue weighted by Gasteiger charge is 2.06. The predicted molar refractivity (Wildman–Crippen MR) is 69.6 cm³/mol. The third-order valence-corrected chi connectivity index (χ3v) is 2.49. The van der Waals surface area contributed by atoms with Crippen molar-refractivity contribution in [2.24, 2.45) is 0 Å². The Balaban J connectivity index is 2.23. The fourth-order valence-electron chi connectivity index (χ4n) is 1.51. The predicted octanol–water partition coefficient (Wildman–Crippen LogP) is 2.85. The zero-order chi connectivity index (χ0) is 13.8. The minimum Gasteiger partial charge on any atom is -0.466 e. The minimum absolute atomic E-state index is 0.0561. The van der Waals surface area contributed by atoms with E-state index in [-0.39, 0.29) is 5.69 Å². The highest BCUT2D eigenvalue weighted by atomic mass is 19.1. The van der Waals surface area contributed by atoms with Gasteiger partial charge in [-0.2, -0.15) is 0 Å². The molecule has 0 spiro atoms. The van der Waals surface area contributed by atoms with Crippen molar-refractivity contribution in [3.63, 3.8) is 0 Å². The number of benzene rings is 1. The largest absolute Gasteiger partial charge is 0.466 e. The van der Waals surface area contributed by atoms with E-state index in [0.717, 1.165) is 0 Å². The van der Waals surface area contributed by atoms with Gasteiger partial charge in [-0.05, 0) is 36.4 Å². The number of rotatable bonds is 3.